The Morgan fingerprint density at radius 2 is 1.76 bits per heavy atom. The number of piperazine rings is 1. The molecule has 66 heavy (non-hydrogen) atoms. The molecule has 0 spiro atoms. The number of nitro groups is 1. The first-order valence-corrected chi connectivity index (χ1v) is 23.8. The Kier molecular flexibility index (Phi) is 13.2. The third-order valence-electron chi connectivity index (χ3n) is 12.5. The van der Waals surface area contributed by atoms with Crippen molar-refractivity contribution in [3.63, 3.8) is 0 Å². The first-order valence-electron chi connectivity index (χ1n) is 21.9. The molecule has 16 nitrogen and oxygen atoms in total. The van der Waals surface area contributed by atoms with Gasteiger partial charge in [0.05, 0.1) is 53.6 Å². The van der Waals surface area contributed by atoms with Crippen LogP contribution in [-0.2, 0) is 19.5 Å². The molecular formula is C46H49ClF2N8O8S. The number of nitro benzene ring substituents is 1. The van der Waals surface area contributed by atoms with Crippen LogP contribution in [0, 0.1) is 10.1 Å². The van der Waals surface area contributed by atoms with E-state index in [2.05, 4.69) is 24.8 Å². The zero-order valence-electron chi connectivity index (χ0n) is 35.9. The number of hydrogen-bond acceptors (Lipinski definition) is 13. The van der Waals surface area contributed by atoms with Crippen molar-refractivity contribution in [2.75, 3.05) is 87.4 Å². The number of benzene rings is 3. The second-order valence-corrected chi connectivity index (χ2v) is 18.9. The van der Waals surface area contributed by atoms with Gasteiger partial charge in [-0.05, 0) is 85.0 Å². The summed E-state index contributed by atoms with van der Waals surface area (Å²) in [5.74, 6) is -3.34. The molecule has 1 unspecified atom stereocenters. The van der Waals surface area contributed by atoms with Crippen molar-refractivity contribution < 1.29 is 41.1 Å². The fourth-order valence-electron chi connectivity index (χ4n) is 8.94. The summed E-state index contributed by atoms with van der Waals surface area (Å²) in [4.78, 5) is 39.5. The normalized spacial score (nSPS) is 19.4. The van der Waals surface area contributed by atoms with Crippen molar-refractivity contribution in [2.45, 2.75) is 49.0 Å². The van der Waals surface area contributed by atoms with Crippen LogP contribution in [0.1, 0.15) is 48.0 Å². The van der Waals surface area contributed by atoms with Crippen LogP contribution >= 0.6 is 11.6 Å². The summed E-state index contributed by atoms with van der Waals surface area (Å²) in [5, 5.41) is 16.5. The molecule has 2 fully saturated rings. The average molecular weight is 947 g/mol. The number of carbonyl (C=O) groups is 1. The van der Waals surface area contributed by atoms with E-state index in [1.807, 2.05) is 35.2 Å². The number of hydrogen-bond donors (Lipinski definition) is 3. The van der Waals surface area contributed by atoms with Crippen LogP contribution in [0.25, 0.3) is 16.6 Å². The number of anilines is 4. The predicted octanol–water partition coefficient (Wildman–Crippen LogP) is 7.78. The monoisotopic (exact) mass is 946 g/mol. The molecule has 0 bridgehead atoms. The number of H-pyrrole nitrogens is 1. The number of ether oxygens (including phenoxy) is 3. The van der Waals surface area contributed by atoms with Crippen molar-refractivity contribution in [1.82, 2.24) is 19.6 Å². The third kappa shape index (κ3) is 10.1. The van der Waals surface area contributed by atoms with Crippen LogP contribution in [0.2, 0.25) is 5.02 Å². The molecule has 9 rings (SSSR count). The minimum Gasteiger partial charge on any atom is -0.476 e. The van der Waals surface area contributed by atoms with E-state index in [-0.39, 0.29) is 43.2 Å². The lowest BCUT2D eigenvalue weighted by Gasteiger charge is -2.37. The number of nitrogens with zero attached hydrogens (tertiary/aromatic N) is 5. The number of pyridine rings is 1. The van der Waals surface area contributed by atoms with Gasteiger partial charge in [-0.3, -0.25) is 19.8 Å². The first kappa shape index (κ1) is 45.3. The van der Waals surface area contributed by atoms with Crippen LogP contribution in [-0.4, -0.2) is 118 Å². The molecule has 2 aromatic heterocycles. The highest BCUT2D eigenvalue weighted by Gasteiger charge is 2.34. The van der Waals surface area contributed by atoms with Gasteiger partial charge in [0, 0.05) is 87.0 Å². The SMILES string of the molecule is O=C(NS(=O)(=O)c1ccc(NCC2COCCO2)c([N+](=O)[O-])c1)c1ccc(N2CCN(CC3=C(c4ccc(Cl)cc4)CCC(F)(F)CC3)CC2)cc1N1CCCOc2nc3[nH]ccc3cc21. The second-order valence-electron chi connectivity index (χ2n) is 16.8. The van der Waals surface area contributed by atoms with Crippen LogP contribution < -0.4 is 24.6 Å². The minimum absolute atomic E-state index is 0.0392. The molecule has 348 valence electrons. The van der Waals surface area contributed by atoms with Gasteiger partial charge in [0.25, 0.3) is 21.6 Å². The number of carbonyl (C=O) groups excluding carboxylic acids is 1. The van der Waals surface area contributed by atoms with Crippen LogP contribution in [0.15, 0.2) is 89.5 Å². The van der Waals surface area contributed by atoms with E-state index in [0.29, 0.717) is 106 Å². The number of aromatic amines is 1. The number of aromatic nitrogens is 2. The molecular weight excluding hydrogens is 898 g/mol. The topological polar surface area (TPSA) is 185 Å². The van der Waals surface area contributed by atoms with Gasteiger partial charge in [-0.15, -0.1) is 0 Å². The van der Waals surface area contributed by atoms with Gasteiger partial charge in [0.15, 0.2) is 0 Å². The molecule has 1 amide bonds. The predicted molar refractivity (Wildman–Crippen MR) is 247 cm³/mol. The molecule has 4 aliphatic rings. The summed E-state index contributed by atoms with van der Waals surface area (Å²) < 4.78 is 76.5. The number of amides is 1. The first-order chi connectivity index (χ1) is 31.8. The lowest BCUT2D eigenvalue weighted by Crippen LogP contribution is -2.47. The molecule has 0 saturated carbocycles. The maximum Gasteiger partial charge on any atom is 0.293 e. The number of nitrogens with one attached hydrogen (secondary N) is 3. The molecule has 1 atom stereocenters. The number of halogens is 3. The van der Waals surface area contributed by atoms with Crippen molar-refractivity contribution in [3.05, 3.63) is 111 Å². The van der Waals surface area contributed by atoms with Gasteiger partial charge in [0.1, 0.15) is 17.0 Å². The smallest absolute Gasteiger partial charge is 0.293 e. The van der Waals surface area contributed by atoms with Crippen LogP contribution in [0.4, 0.5) is 37.2 Å². The van der Waals surface area contributed by atoms with Gasteiger partial charge >= 0.3 is 0 Å². The van der Waals surface area contributed by atoms with Crippen molar-refractivity contribution in [1.29, 1.82) is 0 Å². The van der Waals surface area contributed by atoms with E-state index >= 15 is 0 Å². The summed E-state index contributed by atoms with van der Waals surface area (Å²) in [6, 6.07) is 19.7. The molecule has 5 heterocycles. The zero-order valence-corrected chi connectivity index (χ0v) is 37.5. The maximum absolute atomic E-state index is 14.7. The van der Waals surface area contributed by atoms with E-state index in [0.717, 1.165) is 33.8 Å². The Morgan fingerprint density at radius 1 is 0.955 bits per heavy atom. The van der Waals surface area contributed by atoms with Gasteiger partial charge in [0.2, 0.25) is 11.8 Å². The molecule has 0 radical (unpaired) electrons. The van der Waals surface area contributed by atoms with E-state index in [4.69, 9.17) is 30.8 Å². The Morgan fingerprint density at radius 3 is 2.53 bits per heavy atom. The fraction of sp³-hybridized carbons (Fsp3) is 0.391. The molecule has 3 N–H and O–H groups in total. The van der Waals surface area contributed by atoms with E-state index in [1.54, 1.807) is 30.5 Å². The quantitative estimate of drug-likeness (QED) is 0.0815. The van der Waals surface area contributed by atoms with E-state index in [1.165, 1.54) is 12.1 Å². The van der Waals surface area contributed by atoms with E-state index in [9.17, 15) is 32.1 Å². The summed E-state index contributed by atoms with van der Waals surface area (Å²) in [6.45, 7) is 5.12. The number of alkyl halides is 2. The molecule has 5 aromatic rings. The summed E-state index contributed by atoms with van der Waals surface area (Å²) in [6.07, 6.45) is 2.14. The highest BCUT2D eigenvalue weighted by molar-refractivity contribution is 7.90. The lowest BCUT2D eigenvalue weighted by molar-refractivity contribution is -0.384. The highest BCUT2D eigenvalue weighted by atomic mass is 35.5. The molecule has 1 aliphatic carbocycles. The third-order valence-corrected chi connectivity index (χ3v) is 14.0. The summed E-state index contributed by atoms with van der Waals surface area (Å²) in [7, 11) is -4.64. The number of rotatable bonds is 12. The Balaban J connectivity index is 0.986. The number of allylic oxidation sites excluding steroid dienone is 1. The molecule has 20 heteroatoms. The molecule has 3 aliphatic heterocycles. The van der Waals surface area contributed by atoms with Gasteiger partial charge < -0.3 is 34.3 Å². The largest absolute Gasteiger partial charge is 0.476 e. The Hall–Kier alpha value is -5.86. The lowest BCUT2D eigenvalue weighted by atomic mass is 9.95. The van der Waals surface area contributed by atoms with E-state index < -0.39 is 37.4 Å². The Labute approximate surface area is 385 Å². The molecule has 3 aromatic carbocycles. The summed E-state index contributed by atoms with van der Waals surface area (Å²) in [5.41, 5.74) is 4.88. The standard InChI is InChI=1S/C46H49ClF2N8O8S/c47-33-4-2-30(3-5-33)37-11-14-46(48,49)13-10-32(37)28-54-17-19-55(20-18-54)34-6-8-38(40(25-34)56-16-1-21-65-45-42(56)24-31-12-15-50-43(31)52-45)44(58)53-66(61,62)36-7-9-39(41(26-36)57(59)60)51-27-35-29-63-22-23-64-35/h2-9,12,15,24-26,35,51H,1,10-11,13-14,16-23,27-29H2,(H,50,52)(H,53,58). The minimum atomic E-state index is -4.64. The summed E-state index contributed by atoms with van der Waals surface area (Å²) >= 11 is 6.17. The number of sulfonamides is 1. The van der Waals surface area contributed by atoms with Gasteiger partial charge in [-0.2, -0.15) is 4.98 Å². The van der Waals surface area contributed by atoms with Crippen LogP contribution in [0.5, 0.6) is 5.88 Å². The average Bonchev–Trinajstić information content (AvgIpc) is 3.60. The fourth-order valence-corrected chi connectivity index (χ4v) is 10.1. The number of fused-ring (bicyclic) bond motifs is 2. The van der Waals surface area contributed by atoms with Crippen LogP contribution in [0.3, 0.4) is 0 Å². The highest BCUT2D eigenvalue weighted by Crippen LogP contribution is 2.42. The zero-order chi connectivity index (χ0) is 46.0. The Bertz CT molecular complexity index is 2760. The van der Waals surface area contributed by atoms with Crippen molar-refractivity contribution >= 4 is 72.6 Å². The van der Waals surface area contributed by atoms with Gasteiger partial charge in [-0.1, -0.05) is 29.3 Å². The second kappa shape index (κ2) is 19.2. The molecule has 2 saturated heterocycles. The van der Waals surface area contributed by atoms with Crippen molar-refractivity contribution in [3.8, 4) is 5.88 Å². The van der Waals surface area contributed by atoms with Gasteiger partial charge in [-0.25, -0.2) is 21.9 Å². The maximum atomic E-state index is 14.7. The van der Waals surface area contributed by atoms with Crippen molar-refractivity contribution in [2.24, 2.45) is 0 Å².